The molecule has 6 heteroatoms. The topological polar surface area (TPSA) is 52.6 Å². The molecule has 0 spiro atoms. The van der Waals surface area contributed by atoms with E-state index < -0.39 is 0 Å². The van der Waals surface area contributed by atoms with Crippen LogP contribution in [0.15, 0.2) is 23.3 Å². The van der Waals surface area contributed by atoms with Crippen molar-refractivity contribution in [2.45, 2.75) is 31.3 Å². The van der Waals surface area contributed by atoms with E-state index in [1.807, 2.05) is 4.90 Å². The smallest absolute Gasteiger partial charge is 0.191 e. The Morgan fingerprint density at radius 1 is 1.35 bits per heavy atom. The Labute approximate surface area is 118 Å². The Balaban J connectivity index is 1.57. The minimum Gasteiger partial charge on any atom is -0.354 e. The Morgan fingerprint density at radius 2 is 2.15 bits per heavy atom. The maximum absolute atomic E-state index is 13.7. The molecule has 2 heterocycles. The highest BCUT2D eigenvalue weighted by Gasteiger charge is 2.27. The maximum Gasteiger partial charge on any atom is 0.191 e. The van der Waals surface area contributed by atoms with Crippen LogP contribution in [-0.4, -0.2) is 43.2 Å². The highest BCUT2D eigenvalue weighted by Crippen LogP contribution is 2.21. The van der Waals surface area contributed by atoms with Gasteiger partial charge in [0.05, 0.1) is 0 Å². The number of pyridine rings is 1. The summed E-state index contributed by atoms with van der Waals surface area (Å²) >= 11 is 0. The summed E-state index contributed by atoms with van der Waals surface area (Å²) < 4.78 is 13.7. The van der Waals surface area contributed by atoms with Crippen LogP contribution in [0.4, 0.5) is 10.2 Å². The largest absolute Gasteiger partial charge is 0.354 e. The fourth-order valence-corrected chi connectivity index (χ4v) is 2.47. The lowest BCUT2D eigenvalue weighted by Crippen LogP contribution is -2.45. The first-order valence-electron chi connectivity index (χ1n) is 7.11. The first-order chi connectivity index (χ1) is 9.76. The highest BCUT2D eigenvalue weighted by molar-refractivity contribution is 5.80. The van der Waals surface area contributed by atoms with Gasteiger partial charge in [-0.2, -0.15) is 0 Å². The van der Waals surface area contributed by atoms with Gasteiger partial charge < -0.3 is 15.5 Å². The molecular weight excluding hydrogens is 257 g/mol. The molecule has 1 aliphatic carbocycles. The van der Waals surface area contributed by atoms with E-state index in [4.69, 9.17) is 0 Å². The van der Waals surface area contributed by atoms with E-state index in [9.17, 15) is 4.39 Å². The van der Waals surface area contributed by atoms with Crippen molar-refractivity contribution in [2.75, 3.05) is 25.0 Å². The summed E-state index contributed by atoms with van der Waals surface area (Å²) in [7, 11) is 1.78. The molecular formula is C14H20FN5. The van der Waals surface area contributed by atoms with Gasteiger partial charge in [-0.15, -0.1) is 0 Å². The fourth-order valence-electron chi connectivity index (χ4n) is 2.47. The zero-order valence-electron chi connectivity index (χ0n) is 11.6. The monoisotopic (exact) mass is 277 g/mol. The molecule has 2 fully saturated rings. The van der Waals surface area contributed by atoms with Gasteiger partial charge in [0.2, 0.25) is 0 Å². The molecule has 20 heavy (non-hydrogen) atoms. The molecule has 1 unspecified atom stereocenters. The number of hydrogen-bond donors (Lipinski definition) is 2. The number of nitrogens with one attached hydrogen (secondary N) is 2. The molecule has 108 valence electrons. The number of aromatic nitrogens is 1. The van der Waals surface area contributed by atoms with Crippen LogP contribution in [0.25, 0.3) is 0 Å². The van der Waals surface area contributed by atoms with Crippen molar-refractivity contribution < 1.29 is 4.39 Å². The second kappa shape index (κ2) is 5.64. The highest BCUT2D eigenvalue weighted by atomic mass is 19.1. The van der Waals surface area contributed by atoms with Crippen molar-refractivity contribution in [3.63, 3.8) is 0 Å². The zero-order valence-corrected chi connectivity index (χ0v) is 11.6. The summed E-state index contributed by atoms with van der Waals surface area (Å²) in [6.45, 7) is 1.56. The third-order valence-electron chi connectivity index (χ3n) is 3.71. The van der Waals surface area contributed by atoms with Crippen molar-refractivity contribution in [2.24, 2.45) is 4.99 Å². The van der Waals surface area contributed by atoms with E-state index >= 15 is 0 Å². The van der Waals surface area contributed by atoms with E-state index in [1.165, 1.54) is 18.9 Å². The number of nitrogens with zero attached hydrogens (tertiary/aromatic N) is 3. The van der Waals surface area contributed by atoms with Crippen LogP contribution in [-0.2, 0) is 0 Å². The van der Waals surface area contributed by atoms with Crippen molar-refractivity contribution in [3.05, 3.63) is 24.1 Å². The first-order valence-corrected chi connectivity index (χ1v) is 7.11. The van der Waals surface area contributed by atoms with Crippen LogP contribution in [0.1, 0.15) is 19.3 Å². The molecule has 1 aromatic rings. The van der Waals surface area contributed by atoms with Gasteiger partial charge in [-0.25, -0.2) is 9.37 Å². The van der Waals surface area contributed by atoms with E-state index in [0.717, 1.165) is 25.5 Å². The standard InChI is InChI=1S/C14H20FN5/c1-16-14(18-10-4-5-10)19-11-6-8-20(9-11)13-12(15)3-2-7-17-13/h2-3,7,10-11H,4-6,8-9H2,1H3,(H2,16,18,19). The fraction of sp³-hybridized carbons (Fsp3) is 0.571. The predicted molar refractivity (Wildman–Crippen MR) is 77.5 cm³/mol. The molecule has 0 bridgehead atoms. The summed E-state index contributed by atoms with van der Waals surface area (Å²) in [5.41, 5.74) is 0. The van der Waals surface area contributed by atoms with Crippen LogP contribution < -0.4 is 15.5 Å². The average molecular weight is 277 g/mol. The minimum atomic E-state index is -0.256. The number of guanidine groups is 1. The van der Waals surface area contributed by atoms with Gasteiger partial charge in [0.15, 0.2) is 17.6 Å². The number of anilines is 1. The second-order valence-corrected chi connectivity index (χ2v) is 5.38. The molecule has 0 aromatic carbocycles. The molecule has 3 rings (SSSR count). The molecule has 1 saturated carbocycles. The molecule has 1 aliphatic heterocycles. The maximum atomic E-state index is 13.7. The van der Waals surface area contributed by atoms with Crippen LogP contribution in [0.3, 0.4) is 0 Å². The van der Waals surface area contributed by atoms with Crippen LogP contribution in [0.2, 0.25) is 0 Å². The summed E-state index contributed by atoms with van der Waals surface area (Å²) in [4.78, 5) is 10.3. The summed E-state index contributed by atoms with van der Waals surface area (Å²) in [5.74, 6) is 1.04. The van der Waals surface area contributed by atoms with E-state index in [0.29, 0.717) is 11.9 Å². The van der Waals surface area contributed by atoms with Gasteiger partial charge in [0.1, 0.15) is 0 Å². The molecule has 0 amide bonds. The average Bonchev–Trinajstić information content (AvgIpc) is 3.15. The third kappa shape index (κ3) is 3.00. The molecule has 0 radical (unpaired) electrons. The first kappa shape index (κ1) is 13.1. The zero-order chi connectivity index (χ0) is 13.9. The summed E-state index contributed by atoms with van der Waals surface area (Å²) in [6.07, 6.45) is 5.03. The third-order valence-corrected chi connectivity index (χ3v) is 3.71. The Hall–Kier alpha value is -1.85. The second-order valence-electron chi connectivity index (χ2n) is 5.38. The number of aliphatic imine (C=N–C) groups is 1. The van der Waals surface area contributed by atoms with Crippen molar-refractivity contribution >= 4 is 11.8 Å². The van der Waals surface area contributed by atoms with Gasteiger partial charge >= 0.3 is 0 Å². The van der Waals surface area contributed by atoms with E-state index in [1.54, 1.807) is 19.3 Å². The molecule has 1 atom stereocenters. The van der Waals surface area contributed by atoms with E-state index in [2.05, 4.69) is 20.6 Å². The van der Waals surface area contributed by atoms with E-state index in [-0.39, 0.29) is 11.9 Å². The predicted octanol–water partition coefficient (Wildman–Crippen LogP) is 1.13. The Morgan fingerprint density at radius 3 is 2.85 bits per heavy atom. The number of hydrogen-bond acceptors (Lipinski definition) is 3. The molecule has 1 aromatic heterocycles. The quantitative estimate of drug-likeness (QED) is 0.642. The minimum absolute atomic E-state index is 0.256. The van der Waals surface area contributed by atoms with Crippen LogP contribution >= 0.6 is 0 Å². The SMILES string of the molecule is CN=C(NC1CC1)NC1CCN(c2ncccc2F)C1. The van der Waals surface area contributed by atoms with Gasteiger partial charge in [0.25, 0.3) is 0 Å². The van der Waals surface area contributed by atoms with Gasteiger partial charge in [-0.1, -0.05) is 0 Å². The molecule has 2 aliphatic rings. The van der Waals surface area contributed by atoms with Crippen LogP contribution in [0.5, 0.6) is 0 Å². The Kier molecular flexibility index (Phi) is 3.71. The molecule has 5 nitrogen and oxygen atoms in total. The van der Waals surface area contributed by atoms with Gasteiger partial charge in [-0.3, -0.25) is 4.99 Å². The lowest BCUT2D eigenvalue weighted by Gasteiger charge is -2.19. The summed E-state index contributed by atoms with van der Waals surface area (Å²) in [5, 5.41) is 6.77. The van der Waals surface area contributed by atoms with Crippen molar-refractivity contribution in [1.82, 2.24) is 15.6 Å². The Bertz CT molecular complexity index is 500. The van der Waals surface area contributed by atoms with Gasteiger partial charge in [-0.05, 0) is 31.4 Å². The lowest BCUT2D eigenvalue weighted by atomic mass is 10.3. The molecule has 1 saturated heterocycles. The number of halogens is 1. The summed E-state index contributed by atoms with van der Waals surface area (Å²) in [6, 6.07) is 3.93. The normalized spacial score (nSPS) is 23.0. The van der Waals surface area contributed by atoms with Crippen LogP contribution in [0, 0.1) is 5.82 Å². The molecule has 2 N–H and O–H groups in total. The van der Waals surface area contributed by atoms with Gasteiger partial charge in [0, 0.05) is 38.4 Å². The number of rotatable bonds is 3. The van der Waals surface area contributed by atoms with Crippen molar-refractivity contribution in [3.8, 4) is 0 Å². The van der Waals surface area contributed by atoms with Crippen molar-refractivity contribution in [1.29, 1.82) is 0 Å². The lowest BCUT2D eigenvalue weighted by molar-refractivity contribution is 0.612.